The molecule has 0 fully saturated rings. The summed E-state index contributed by atoms with van der Waals surface area (Å²) in [4.78, 5) is 20.6. The SMILES string of the molecule is COc1ccc(CNC(=O)c2cnc(NCCc3cccc(Cl)c3)cn2)cc1. The summed E-state index contributed by atoms with van der Waals surface area (Å²) in [6, 6.07) is 15.2. The molecule has 0 radical (unpaired) electrons. The second-order valence-electron chi connectivity index (χ2n) is 6.12. The van der Waals surface area contributed by atoms with Crippen molar-refractivity contribution < 1.29 is 9.53 Å². The fraction of sp³-hybridized carbons (Fsp3) is 0.190. The Bertz CT molecular complexity index is 914. The van der Waals surface area contributed by atoms with E-state index in [1.807, 2.05) is 48.5 Å². The Labute approximate surface area is 168 Å². The van der Waals surface area contributed by atoms with Crippen molar-refractivity contribution in [2.24, 2.45) is 0 Å². The smallest absolute Gasteiger partial charge is 0.271 e. The monoisotopic (exact) mass is 396 g/mol. The maximum atomic E-state index is 12.2. The van der Waals surface area contributed by atoms with Gasteiger partial charge >= 0.3 is 0 Å². The number of amides is 1. The third-order valence-electron chi connectivity index (χ3n) is 4.11. The van der Waals surface area contributed by atoms with Gasteiger partial charge in [-0.15, -0.1) is 0 Å². The van der Waals surface area contributed by atoms with E-state index in [-0.39, 0.29) is 11.6 Å². The standard InChI is InChI=1S/C21H21ClN4O2/c1-28-18-7-5-16(6-8-18)12-26-21(27)19-13-25-20(14-24-19)23-10-9-15-3-2-4-17(22)11-15/h2-8,11,13-14H,9-10,12H2,1H3,(H,23,25)(H,26,27). The number of methoxy groups -OCH3 is 1. The molecule has 0 saturated heterocycles. The van der Waals surface area contributed by atoms with Crippen LogP contribution in [0.4, 0.5) is 5.82 Å². The minimum absolute atomic E-state index is 0.270. The number of ether oxygens (including phenoxy) is 1. The van der Waals surface area contributed by atoms with Gasteiger partial charge in [-0.25, -0.2) is 9.97 Å². The predicted molar refractivity (Wildman–Crippen MR) is 110 cm³/mol. The predicted octanol–water partition coefficient (Wildman–Crippen LogP) is 3.72. The van der Waals surface area contributed by atoms with Crippen molar-refractivity contribution in [1.29, 1.82) is 0 Å². The first-order valence-corrected chi connectivity index (χ1v) is 9.23. The van der Waals surface area contributed by atoms with Gasteiger partial charge in [0.2, 0.25) is 0 Å². The zero-order valence-electron chi connectivity index (χ0n) is 15.5. The van der Waals surface area contributed by atoms with Crippen molar-refractivity contribution in [2.75, 3.05) is 19.0 Å². The molecule has 0 atom stereocenters. The number of nitrogens with one attached hydrogen (secondary N) is 2. The van der Waals surface area contributed by atoms with E-state index in [9.17, 15) is 4.79 Å². The first-order valence-electron chi connectivity index (χ1n) is 8.85. The Hall–Kier alpha value is -3.12. The van der Waals surface area contributed by atoms with Crippen molar-refractivity contribution in [3.8, 4) is 5.75 Å². The van der Waals surface area contributed by atoms with Gasteiger partial charge in [-0.3, -0.25) is 4.79 Å². The molecule has 1 amide bonds. The molecule has 0 spiro atoms. The van der Waals surface area contributed by atoms with E-state index in [0.29, 0.717) is 18.9 Å². The molecule has 2 N–H and O–H groups in total. The molecule has 0 aliphatic heterocycles. The third-order valence-corrected chi connectivity index (χ3v) is 4.34. The van der Waals surface area contributed by atoms with Crippen LogP contribution in [-0.2, 0) is 13.0 Å². The normalized spacial score (nSPS) is 10.4. The minimum atomic E-state index is -0.270. The largest absolute Gasteiger partial charge is 0.497 e. The molecule has 6 nitrogen and oxygen atoms in total. The molecule has 3 rings (SSSR count). The van der Waals surface area contributed by atoms with Crippen LogP contribution in [0, 0.1) is 0 Å². The summed E-state index contributed by atoms with van der Waals surface area (Å²) in [5.41, 5.74) is 2.39. The van der Waals surface area contributed by atoms with Crippen molar-refractivity contribution in [3.05, 3.63) is 82.8 Å². The van der Waals surface area contributed by atoms with E-state index in [1.165, 1.54) is 6.20 Å². The summed E-state index contributed by atoms with van der Waals surface area (Å²) in [5, 5.41) is 6.74. The molecule has 3 aromatic rings. The lowest BCUT2D eigenvalue weighted by atomic mass is 10.1. The molecule has 1 heterocycles. The van der Waals surface area contributed by atoms with Gasteiger partial charge in [0, 0.05) is 18.1 Å². The number of carbonyl (C=O) groups is 1. The maximum absolute atomic E-state index is 12.2. The molecule has 7 heteroatoms. The number of rotatable bonds is 8. The first-order chi connectivity index (χ1) is 13.6. The Balaban J connectivity index is 1.46. The van der Waals surface area contributed by atoms with Gasteiger partial charge in [0.05, 0.1) is 19.5 Å². The number of hydrogen-bond acceptors (Lipinski definition) is 5. The van der Waals surface area contributed by atoms with E-state index in [2.05, 4.69) is 20.6 Å². The Morgan fingerprint density at radius 3 is 2.57 bits per heavy atom. The van der Waals surface area contributed by atoms with Gasteiger partial charge in [0.25, 0.3) is 5.91 Å². The number of benzene rings is 2. The summed E-state index contributed by atoms with van der Waals surface area (Å²) in [6.45, 7) is 1.10. The first kappa shape index (κ1) is 19.6. The molecular weight excluding hydrogens is 376 g/mol. The number of aromatic nitrogens is 2. The van der Waals surface area contributed by atoms with Crippen LogP contribution < -0.4 is 15.4 Å². The zero-order chi connectivity index (χ0) is 19.8. The Kier molecular flexibility index (Phi) is 6.81. The van der Waals surface area contributed by atoms with Crippen LogP contribution in [0.5, 0.6) is 5.75 Å². The van der Waals surface area contributed by atoms with Gasteiger partial charge in [-0.1, -0.05) is 35.9 Å². The van der Waals surface area contributed by atoms with Crippen LogP contribution in [0.25, 0.3) is 0 Å². The average Bonchev–Trinajstić information content (AvgIpc) is 2.73. The maximum Gasteiger partial charge on any atom is 0.271 e. The summed E-state index contributed by atoms with van der Waals surface area (Å²) in [7, 11) is 1.62. The van der Waals surface area contributed by atoms with E-state index < -0.39 is 0 Å². The number of anilines is 1. The van der Waals surface area contributed by atoms with Crippen molar-refractivity contribution in [1.82, 2.24) is 15.3 Å². The Morgan fingerprint density at radius 2 is 1.89 bits per heavy atom. The lowest BCUT2D eigenvalue weighted by Crippen LogP contribution is -2.24. The van der Waals surface area contributed by atoms with Crippen LogP contribution in [0.2, 0.25) is 5.02 Å². The van der Waals surface area contributed by atoms with Gasteiger partial charge < -0.3 is 15.4 Å². The highest BCUT2D eigenvalue weighted by atomic mass is 35.5. The van der Waals surface area contributed by atoms with Crippen LogP contribution in [0.1, 0.15) is 21.6 Å². The molecule has 0 aliphatic rings. The molecule has 144 valence electrons. The molecule has 0 bridgehead atoms. The van der Waals surface area contributed by atoms with Crippen LogP contribution in [0.3, 0.4) is 0 Å². The van der Waals surface area contributed by atoms with Crippen molar-refractivity contribution in [3.63, 3.8) is 0 Å². The fourth-order valence-corrected chi connectivity index (χ4v) is 2.79. The van der Waals surface area contributed by atoms with E-state index >= 15 is 0 Å². The van der Waals surface area contributed by atoms with Crippen LogP contribution in [-0.4, -0.2) is 29.5 Å². The second kappa shape index (κ2) is 9.71. The number of hydrogen-bond donors (Lipinski definition) is 2. The lowest BCUT2D eigenvalue weighted by molar-refractivity contribution is 0.0945. The molecule has 2 aromatic carbocycles. The zero-order valence-corrected chi connectivity index (χ0v) is 16.2. The van der Waals surface area contributed by atoms with E-state index in [0.717, 1.165) is 28.3 Å². The van der Waals surface area contributed by atoms with Crippen molar-refractivity contribution in [2.45, 2.75) is 13.0 Å². The van der Waals surface area contributed by atoms with Gasteiger partial charge in [-0.05, 0) is 41.8 Å². The molecule has 0 saturated carbocycles. The fourth-order valence-electron chi connectivity index (χ4n) is 2.58. The third kappa shape index (κ3) is 5.69. The minimum Gasteiger partial charge on any atom is -0.497 e. The highest BCUT2D eigenvalue weighted by Gasteiger charge is 2.08. The molecule has 0 unspecified atom stereocenters. The van der Waals surface area contributed by atoms with Crippen LogP contribution >= 0.6 is 11.6 Å². The van der Waals surface area contributed by atoms with E-state index in [4.69, 9.17) is 16.3 Å². The molecule has 28 heavy (non-hydrogen) atoms. The number of carbonyl (C=O) groups excluding carboxylic acids is 1. The molecule has 0 aliphatic carbocycles. The summed E-state index contributed by atoms with van der Waals surface area (Å²) >= 11 is 5.98. The number of halogens is 1. The molecule has 1 aromatic heterocycles. The number of nitrogens with zero attached hydrogens (tertiary/aromatic N) is 2. The Morgan fingerprint density at radius 1 is 1.07 bits per heavy atom. The summed E-state index contributed by atoms with van der Waals surface area (Å²) in [5.74, 6) is 1.13. The summed E-state index contributed by atoms with van der Waals surface area (Å²) < 4.78 is 5.12. The highest BCUT2D eigenvalue weighted by Crippen LogP contribution is 2.12. The topological polar surface area (TPSA) is 76.1 Å². The summed E-state index contributed by atoms with van der Waals surface area (Å²) in [6.07, 6.45) is 3.83. The van der Waals surface area contributed by atoms with Gasteiger partial charge in [0.1, 0.15) is 17.3 Å². The van der Waals surface area contributed by atoms with E-state index in [1.54, 1.807) is 13.3 Å². The molecular formula is C21H21ClN4O2. The average molecular weight is 397 g/mol. The van der Waals surface area contributed by atoms with Crippen LogP contribution in [0.15, 0.2) is 60.9 Å². The van der Waals surface area contributed by atoms with Gasteiger partial charge in [-0.2, -0.15) is 0 Å². The quantitative estimate of drug-likeness (QED) is 0.606. The highest BCUT2D eigenvalue weighted by molar-refractivity contribution is 6.30. The van der Waals surface area contributed by atoms with Crippen molar-refractivity contribution >= 4 is 23.3 Å². The van der Waals surface area contributed by atoms with Gasteiger partial charge in [0.15, 0.2) is 0 Å². The lowest BCUT2D eigenvalue weighted by Gasteiger charge is -2.08. The second-order valence-corrected chi connectivity index (χ2v) is 6.56.